The number of nitrogens with one attached hydrogen (secondary N) is 1. The molecule has 1 saturated carbocycles. The van der Waals surface area contributed by atoms with Crippen LogP contribution in [0.1, 0.15) is 58.4 Å². The highest BCUT2D eigenvalue weighted by molar-refractivity contribution is 5.76. The van der Waals surface area contributed by atoms with Crippen molar-refractivity contribution in [1.82, 2.24) is 5.32 Å². The minimum Gasteiger partial charge on any atom is -0.497 e. The van der Waals surface area contributed by atoms with Crippen LogP contribution in [0.3, 0.4) is 0 Å². The van der Waals surface area contributed by atoms with Crippen LogP contribution in [-0.2, 0) is 20.7 Å². The van der Waals surface area contributed by atoms with Gasteiger partial charge in [0.25, 0.3) is 0 Å². The first-order valence-corrected chi connectivity index (χ1v) is 9.42. The first kappa shape index (κ1) is 20.3. The fourth-order valence-corrected chi connectivity index (χ4v) is 3.24. The molecular weight excluding hydrogens is 330 g/mol. The van der Waals surface area contributed by atoms with Crippen LogP contribution in [-0.4, -0.2) is 30.6 Å². The molecule has 0 aromatic heterocycles. The van der Waals surface area contributed by atoms with Gasteiger partial charge in [0.05, 0.1) is 13.0 Å². The second-order valence-electron chi connectivity index (χ2n) is 8.00. The van der Waals surface area contributed by atoms with Gasteiger partial charge in [-0.3, -0.25) is 9.59 Å². The molecule has 2 rings (SSSR count). The molecule has 1 amide bonds. The molecule has 144 valence electrons. The molecule has 0 aliphatic heterocycles. The molecule has 0 radical (unpaired) electrons. The molecule has 0 saturated heterocycles. The summed E-state index contributed by atoms with van der Waals surface area (Å²) in [5.41, 5.74) is 0.649. The number of amides is 1. The number of rotatable bonds is 6. The van der Waals surface area contributed by atoms with E-state index in [1.807, 2.05) is 45.0 Å². The zero-order chi connectivity index (χ0) is 19.2. The summed E-state index contributed by atoms with van der Waals surface area (Å²) in [4.78, 5) is 24.3. The van der Waals surface area contributed by atoms with E-state index in [-0.39, 0.29) is 23.8 Å². The van der Waals surface area contributed by atoms with E-state index in [1.54, 1.807) is 7.11 Å². The van der Waals surface area contributed by atoms with Crippen molar-refractivity contribution in [3.05, 3.63) is 29.8 Å². The highest BCUT2D eigenvalue weighted by Crippen LogP contribution is 2.27. The Labute approximate surface area is 156 Å². The first-order valence-electron chi connectivity index (χ1n) is 9.42. The summed E-state index contributed by atoms with van der Waals surface area (Å²) in [5.74, 6) is 0.719. The van der Waals surface area contributed by atoms with Crippen molar-refractivity contribution in [2.24, 2.45) is 5.92 Å². The van der Waals surface area contributed by atoms with Crippen LogP contribution in [0.4, 0.5) is 0 Å². The predicted octanol–water partition coefficient (Wildman–Crippen LogP) is 3.64. The molecule has 5 heteroatoms. The van der Waals surface area contributed by atoms with Gasteiger partial charge in [0.1, 0.15) is 11.4 Å². The maximum absolute atomic E-state index is 12.2. The molecule has 0 atom stereocenters. The predicted molar refractivity (Wildman–Crippen MR) is 101 cm³/mol. The Bertz CT molecular complexity index is 613. The molecular formula is C21H31NO4. The van der Waals surface area contributed by atoms with Gasteiger partial charge in [0, 0.05) is 12.5 Å². The summed E-state index contributed by atoms with van der Waals surface area (Å²) in [7, 11) is 1.64. The van der Waals surface area contributed by atoms with E-state index in [2.05, 4.69) is 5.32 Å². The quantitative estimate of drug-likeness (QED) is 0.786. The summed E-state index contributed by atoms with van der Waals surface area (Å²) in [6.45, 7) is 5.66. The van der Waals surface area contributed by atoms with Gasteiger partial charge in [-0.25, -0.2) is 0 Å². The fraction of sp³-hybridized carbons (Fsp3) is 0.619. The summed E-state index contributed by atoms with van der Waals surface area (Å²) in [6.07, 6.45) is 4.35. The molecule has 0 unspecified atom stereocenters. The molecule has 1 aliphatic carbocycles. The second-order valence-corrected chi connectivity index (χ2v) is 8.00. The number of esters is 1. The van der Waals surface area contributed by atoms with Gasteiger partial charge in [0.2, 0.25) is 5.91 Å². The van der Waals surface area contributed by atoms with Gasteiger partial charge in [-0.05, 0) is 70.6 Å². The fourth-order valence-electron chi connectivity index (χ4n) is 3.24. The standard InChI is InChI=1S/C21H31NO4/c1-21(2,3)26-20(24)16-9-11-17(12-10-16)22-19(23)13-8-15-6-5-7-18(14-15)25-4/h5-7,14,16-17H,8-13H2,1-4H3,(H,22,23). The summed E-state index contributed by atoms with van der Waals surface area (Å²) in [5, 5.41) is 3.10. The number of methoxy groups -OCH3 is 1. The Morgan fingerprint density at radius 1 is 1.15 bits per heavy atom. The third-order valence-corrected chi connectivity index (χ3v) is 4.61. The van der Waals surface area contributed by atoms with Crippen LogP contribution in [0.5, 0.6) is 5.75 Å². The van der Waals surface area contributed by atoms with Crippen molar-refractivity contribution in [2.75, 3.05) is 7.11 Å². The van der Waals surface area contributed by atoms with E-state index in [9.17, 15) is 9.59 Å². The highest BCUT2D eigenvalue weighted by atomic mass is 16.6. The van der Waals surface area contributed by atoms with Crippen LogP contribution in [0.25, 0.3) is 0 Å². The monoisotopic (exact) mass is 361 g/mol. The summed E-state index contributed by atoms with van der Waals surface area (Å²) >= 11 is 0. The molecule has 0 spiro atoms. The minimum atomic E-state index is -0.442. The topological polar surface area (TPSA) is 64.6 Å². The molecule has 5 nitrogen and oxygen atoms in total. The highest BCUT2D eigenvalue weighted by Gasteiger charge is 2.30. The van der Waals surface area contributed by atoms with Gasteiger partial charge in [0.15, 0.2) is 0 Å². The van der Waals surface area contributed by atoms with Crippen LogP contribution in [0.15, 0.2) is 24.3 Å². The number of hydrogen-bond acceptors (Lipinski definition) is 4. The van der Waals surface area contributed by atoms with Gasteiger partial charge >= 0.3 is 5.97 Å². The van der Waals surface area contributed by atoms with Crippen LogP contribution in [0.2, 0.25) is 0 Å². The third kappa shape index (κ3) is 6.70. The number of ether oxygens (including phenoxy) is 2. The smallest absolute Gasteiger partial charge is 0.309 e. The molecule has 1 N–H and O–H groups in total. The van der Waals surface area contributed by atoms with E-state index in [0.717, 1.165) is 37.0 Å². The maximum atomic E-state index is 12.2. The molecule has 1 aromatic rings. The first-order chi connectivity index (χ1) is 12.3. The Morgan fingerprint density at radius 2 is 1.85 bits per heavy atom. The lowest BCUT2D eigenvalue weighted by Gasteiger charge is -2.30. The van der Waals surface area contributed by atoms with Crippen LogP contribution >= 0.6 is 0 Å². The Balaban J connectivity index is 1.71. The number of aryl methyl sites for hydroxylation is 1. The van der Waals surface area contributed by atoms with Crippen molar-refractivity contribution >= 4 is 11.9 Å². The molecule has 1 aromatic carbocycles. The average Bonchev–Trinajstić information content (AvgIpc) is 2.59. The van der Waals surface area contributed by atoms with Gasteiger partial charge in [-0.1, -0.05) is 12.1 Å². The number of carbonyl (C=O) groups is 2. The Kier molecular flexibility index (Phi) is 7.06. The van der Waals surface area contributed by atoms with Gasteiger partial charge < -0.3 is 14.8 Å². The zero-order valence-corrected chi connectivity index (χ0v) is 16.3. The zero-order valence-electron chi connectivity index (χ0n) is 16.3. The average molecular weight is 361 g/mol. The summed E-state index contributed by atoms with van der Waals surface area (Å²) < 4.78 is 10.7. The Morgan fingerprint density at radius 3 is 2.46 bits per heavy atom. The Hall–Kier alpha value is -2.04. The minimum absolute atomic E-state index is 0.0424. The molecule has 0 heterocycles. The van der Waals surface area contributed by atoms with Crippen molar-refractivity contribution < 1.29 is 19.1 Å². The number of benzene rings is 1. The lowest BCUT2D eigenvalue weighted by Crippen LogP contribution is -2.39. The number of carbonyl (C=O) groups excluding carboxylic acids is 2. The molecule has 26 heavy (non-hydrogen) atoms. The van der Waals surface area contributed by atoms with E-state index >= 15 is 0 Å². The lowest BCUT2D eigenvalue weighted by molar-refractivity contribution is -0.161. The molecule has 0 bridgehead atoms. The largest absolute Gasteiger partial charge is 0.497 e. The van der Waals surface area contributed by atoms with Crippen molar-refractivity contribution in [1.29, 1.82) is 0 Å². The van der Waals surface area contributed by atoms with Crippen molar-refractivity contribution in [2.45, 2.75) is 70.9 Å². The van der Waals surface area contributed by atoms with Crippen molar-refractivity contribution in [3.8, 4) is 5.75 Å². The van der Waals surface area contributed by atoms with E-state index in [0.29, 0.717) is 12.8 Å². The molecule has 1 fully saturated rings. The van der Waals surface area contributed by atoms with Crippen molar-refractivity contribution in [3.63, 3.8) is 0 Å². The van der Waals surface area contributed by atoms with E-state index < -0.39 is 5.60 Å². The van der Waals surface area contributed by atoms with Gasteiger partial charge in [-0.15, -0.1) is 0 Å². The van der Waals surface area contributed by atoms with E-state index in [4.69, 9.17) is 9.47 Å². The SMILES string of the molecule is COc1cccc(CCC(=O)NC2CCC(C(=O)OC(C)(C)C)CC2)c1. The normalized spacial score (nSPS) is 20.3. The van der Waals surface area contributed by atoms with E-state index in [1.165, 1.54) is 0 Å². The third-order valence-electron chi connectivity index (χ3n) is 4.61. The number of hydrogen-bond donors (Lipinski definition) is 1. The summed E-state index contributed by atoms with van der Waals surface area (Å²) in [6, 6.07) is 7.95. The van der Waals surface area contributed by atoms with Crippen LogP contribution < -0.4 is 10.1 Å². The molecule has 1 aliphatic rings. The van der Waals surface area contributed by atoms with Gasteiger partial charge in [-0.2, -0.15) is 0 Å². The lowest BCUT2D eigenvalue weighted by atomic mass is 9.86. The van der Waals surface area contributed by atoms with Crippen LogP contribution in [0, 0.1) is 5.92 Å². The second kappa shape index (κ2) is 9.06. The maximum Gasteiger partial charge on any atom is 0.309 e.